The predicted octanol–water partition coefficient (Wildman–Crippen LogP) is 4.73. The van der Waals surface area contributed by atoms with Crippen LogP contribution in [-0.2, 0) is 4.79 Å². The Hall–Kier alpha value is -2.31. The van der Waals surface area contributed by atoms with Crippen molar-refractivity contribution < 1.29 is 14.3 Å². The maximum atomic E-state index is 12.9. The molecule has 2 aromatic carbocycles. The van der Waals surface area contributed by atoms with Crippen molar-refractivity contribution in [2.45, 2.75) is 13.8 Å². The smallest absolute Gasteiger partial charge is 0.270 e. The van der Waals surface area contributed by atoms with Gasteiger partial charge in [-0.1, -0.05) is 30.0 Å². The largest absolute Gasteiger partial charge is 0.497 e. The molecule has 2 aromatic rings. The van der Waals surface area contributed by atoms with Crippen molar-refractivity contribution in [1.29, 1.82) is 0 Å². The van der Waals surface area contributed by atoms with Crippen molar-refractivity contribution in [2.24, 2.45) is 0 Å². The SMILES string of the molecule is COc1cc(/C=C2/SC(=S)N(c3ccc(C)c(C)c3)C2=O)cc(OC)c1. The number of hydrogen-bond acceptors (Lipinski definition) is 5. The summed E-state index contributed by atoms with van der Waals surface area (Å²) in [5, 5.41) is 0. The van der Waals surface area contributed by atoms with Crippen molar-refractivity contribution in [2.75, 3.05) is 19.1 Å². The van der Waals surface area contributed by atoms with E-state index in [0.717, 1.165) is 16.8 Å². The van der Waals surface area contributed by atoms with Crippen LogP contribution in [0.3, 0.4) is 0 Å². The number of benzene rings is 2. The van der Waals surface area contributed by atoms with Crippen LogP contribution < -0.4 is 14.4 Å². The first-order valence-electron chi connectivity index (χ1n) is 8.01. The minimum atomic E-state index is -0.120. The monoisotopic (exact) mass is 385 g/mol. The lowest BCUT2D eigenvalue weighted by atomic mass is 10.1. The third-order valence-corrected chi connectivity index (χ3v) is 5.52. The van der Waals surface area contributed by atoms with E-state index in [1.54, 1.807) is 25.2 Å². The van der Waals surface area contributed by atoms with Crippen LogP contribution in [0, 0.1) is 13.8 Å². The summed E-state index contributed by atoms with van der Waals surface area (Å²) in [7, 11) is 3.19. The zero-order valence-electron chi connectivity index (χ0n) is 15.0. The highest BCUT2D eigenvalue weighted by atomic mass is 32.2. The van der Waals surface area contributed by atoms with Crippen molar-refractivity contribution in [3.8, 4) is 11.5 Å². The number of aryl methyl sites for hydroxylation is 2. The fraction of sp³-hybridized carbons (Fsp3) is 0.200. The average Bonchev–Trinajstić information content (AvgIpc) is 2.90. The van der Waals surface area contributed by atoms with Crippen LogP contribution in [0.5, 0.6) is 11.5 Å². The van der Waals surface area contributed by atoms with E-state index in [2.05, 4.69) is 0 Å². The lowest BCUT2D eigenvalue weighted by Crippen LogP contribution is -2.27. The Morgan fingerprint density at radius 1 is 1.00 bits per heavy atom. The second-order valence-electron chi connectivity index (χ2n) is 5.93. The number of nitrogens with zero attached hydrogens (tertiary/aromatic N) is 1. The Kier molecular flexibility index (Phi) is 5.34. The Bertz CT molecular complexity index is 899. The molecule has 134 valence electrons. The lowest BCUT2D eigenvalue weighted by molar-refractivity contribution is -0.113. The van der Waals surface area contributed by atoms with Gasteiger partial charge < -0.3 is 9.47 Å². The zero-order valence-corrected chi connectivity index (χ0v) is 16.7. The highest BCUT2D eigenvalue weighted by Crippen LogP contribution is 2.37. The number of carbonyl (C=O) groups is 1. The summed E-state index contributed by atoms with van der Waals surface area (Å²) in [4.78, 5) is 15.1. The Morgan fingerprint density at radius 3 is 2.23 bits per heavy atom. The van der Waals surface area contributed by atoms with Crippen molar-refractivity contribution in [1.82, 2.24) is 0 Å². The second kappa shape index (κ2) is 7.51. The normalized spacial score (nSPS) is 15.7. The highest BCUT2D eigenvalue weighted by Gasteiger charge is 2.33. The Morgan fingerprint density at radius 2 is 1.65 bits per heavy atom. The van der Waals surface area contributed by atoms with Gasteiger partial charge in [0.05, 0.1) is 24.8 Å². The molecule has 0 atom stereocenters. The summed E-state index contributed by atoms with van der Waals surface area (Å²) >= 11 is 6.74. The molecule has 1 aliphatic heterocycles. The Labute approximate surface area is 162 Å². The highest BCUT2D eigenvalue weighted by molar-refractivity contribution is 8.27. The van der Waals surface area contributed by atoms with Crippen molar-refractivity contribution >= 4 is 46.0 Å². The fourth-order valence-corrected chi connectivity index (χ4v) is 3.92. The first-order chi connectivity index (χ1) is 12.4. The maximum Gasteiger partial charge on any atom is 0.270 e. The van der Waals surface area contributed by atoms with Crippen LogP contribution in [0.15, 0.2) is 41.3 Å². The molecule has 6 heteroatoms. The standard InChI is InChI=1S/C20H19NO3S2/c1-12-5-6-15(7-13(12)2)21-19(22)18(26-20(21)25)10-14-8-16(23-3)11-17(9-14)24-4/h5-11H,1-4H3/b18-10+. The molecule has 26 heavy (non-hydrogen) atoms. The zero-order chi connectivity index (χ0) is 18.8. The van der Waals surface area contributed by atoms with Gasteiger partial charge in [-0.2, -0.15) is 0 Å². The van der Waals surface area contributed by atoms with Crippen LogP contribution in [0.2, 0.25) is 0 Å². The third-order valence-electron chi connectivity index (χ3n) is 4.21. The molecule has 4 nitrogen and oxygen atoms in total. The first kappa shape index (κ1) is 18.5. The van der Waals surface area contributed by atoms with Gasteiger partial charge in [0.25, 0.3) is 5.91 Å². The van der Waals surface area contributed by atoms with E-state index in [4.69, 9.17) is 21.7 Å². The van der Waals surface area contributed by atoms with Crippen molar-refractivity contribution in [3.63, 3.8) is 0 Å². The number of amides is 1. The summed E-state index contributed by atoms with van der Waals surface area (Å²) in [6, 6.07) is 11.4. The first-order valence-corrected chi connectivity index (χ1v) is 9.23. The Balaban J connectivity index is 1.96. The number of anilines is 1. The molecular weight excluding hydrogens is 366 g/mol. The molecular formula is C20H19NO3S2. The van der Waals surface area contributed by atoms with Crippen LogP contribution in [-0.4, -0.2) is 24.4 Å². The average molecular weight is 386 g/mol. The fourth-order valence-electron chi connectivity index (χ4n) is 2.62. The van der Waals surface area contributed by atoms with E-state index in [9.17, 15) is 4.79 Å². The molecule has 0 bridgehead atoms. The molecule has 3 rings (SSSR count). The molecule has 0 aliphatic carbocycles. The molecule has 1 saturated heterocycles. The summed E-state index contributed by atoms with van der Waals surface area (Å²) in [6.45, 7) is 4.06. The second-order valence-corrected chi connectivity index (χ2v) is 7.61. The van der Waals surface area contributed by atoms with Crippen LogP contribution >= 0.6 is 24.0 Å². The molecule has 0 aromatic heterocycles. The summed E-state index contributed by atoms with van der Waals surface area (Å²) < 4.78 is 11.1. The third kappa shape index (κ3) is 3.61. The van der Waals surface area contributed by atoms with Crippen LogP contribution in [0.4, 0.5) is 5.69 Å². The van der Waals surface area contributed by atoms with Gasteiger partial charge in [-0.15, -0.1) is 0 Å². The summed E-state index contributed by atoms with van der Waals surface area (Å²) in [5.74, 6) is 1.21. The van der Waals surface area contributed by atoms with E-state index < -0.39 is 0 Å². The van der Waals surface area contributed by atoms with Gasteiger partial charge in [-0.3, -0.25) is 9.69 Å². The van der Waals surface area contributed by atoms with Gasteiger partial charge >= 0.3 is 0 Å². The quantitative estimate of drug-likeness (QED) is 0.562. The van der Waals surface area contributed by atoms with E-state index in [1.807, 2.05) is 50.3 Å². The van der Waals surface area contributed by atoms with Crippen LogP contribution in [0.25, 0.3) is 6.08 Å². The molecule has 0 saturated carbocycles. The van der Waals surface area contributed by atoms with Crippen molar-refractivity contribution in [3.05, 3.63) is 58.0 Å². The number of ether oxygens (including phenoxy) is 2. The molecule has 1 aliphatic rings. The van der Waals surface area contributed by atoms with Gasteiger partial charge in [-0.25, -0.2) is 0 Å². The predicted molar refractivity (Wildman–Crippen MR) is 111 cm³/mol. The van der Waals surface area contributed by atoms with Gasteiger partial charge in [0, 0.05) is 6.07 Å². The maximum absolute atomic E-state index is 12.9. The minimum Gasteiger partial charge on any atom is -0.497 e. The number of methoxy groups -OCH3 is 2. The lowest BCUT2D eigenvalue weighted by Gasteiger charge is -2.15. The number of carbonyl (C=O) groups excluding carboxylic acids is 1. The summed E-state index contributed by atoms with van der Waals surface area (Å²) in [5.41, 5.74) is 3.92. The summed E-state index contributed by atoms with van der Waals surface area (Å²) in [6.07, 6.45) is 1.81. The number of thioether (sulfide) groups is 1. The minimum absolute atomic E-state index is 0.120. The molecule has 0 N–H and O–H groups in total. The van der Waals surface area contributed by atoms with E-state index >= 15 is 0 Å². The van der Waals surface area contributed by atoms with Gasteiger partial charge in [0.15, 0.2) is 4.32 Å². The molecule has 0 unspecified atom stereocenters. The molecule has 1 amide bonds. The topological polar surface area (TPSA) is 38.8 Å². The number of thiocarbonyl (C=S) groups is 1. The number of hydrogen-bond donors (Lipinski definition) is 0. The van der Waals surface area contributed by atoms with Gasteiger partial charge in [-0.05, 0) is 60.9 Å². The number of rotatable bonds is 4. The van der Waals surface area contributed by atoms with Crippen LogP contribution in [0.1, 0.15) is 16.7 Å². The molecule has 0 spiro atoms. The van der Waals surface area contributed by atoms with Gasteiger partial charge in [0.1, 0.15) is 11.5 Å². The molecule has 1 fully saturated rings. The van der Waals surface area contributed by atoms with E-state index in [-0.39, 0.29) is 5.91 Å². The molecule has 0 radical (unpaired) electrons. The molecule has 1 heterocycles. The van der Waals surface area contributed by atoms with Gasteiger partial charge in [0.2, 0.25) is 0 Å². The van der Waals surface area contributed by atoms with E-state index in [1.165, 1.54) is 17.3 Å². The van der Waals surface area contributed by atoms with E-state index in [0.29, 0.717) is 20.7 Å².